The summed E-state index contributed by atoms with van der Waals surface area (Å²) in [6, 6.07) is 0.242. The van der Waals surface area contributed by atoms with E-state index in [9.17, 15) is 13.2 Å². The van der Waals surface area contributed by atoms with Crippen molar-refractivity contribution in [2.75, 3.05) is 32.6 Å². The molecule has 126 valence electrons. The molecule has 1 atom stereocenters. The van der Waals surface area contributed by atoms with Crippen molar-refractivity contribution in [3.8, 4) is 0 Å². The number of amides is 1. The molecule has 0 N–H and O–H groups in total. The third-order valence-corrected chi connectivity index (χ3v) is 6.26. The van der Waals surface area contributed by atoms with Gasteiger partial charge in [0, 0.05) is 44.3 Å². The van der Waals surface area contributed by atoms with Gasteiger partial charge in [0.25, 0.3) is 0 Å². The monoisotopic (exact) mass is 330 g/mol. The Hall–Kier alpha value is -0.660. The molecule has 0 aromatic carbocycles. The first-order valence-electron chi connectivity index (χ1n) is 8.32. The standard InChI is InChI=1S/C15H26N2O4S/c1-22(19,20)16-8-2-3-14(11-16)17(15(18)12-4-5-12)13-6-9-21-10-7-13/h12-14H,2-11H2,1H3. The number of carbonyl (C=O) groups excluding carboxylic acids is 1. The summed E-state index contributed by atoms with van der Waals surface area (Å²) in [5.41, 5.74) is 0. The van der Waals surface area contributed by atoms with Gasteiger partial charge in [0.05, 0.1) is 6.26 Å². The van der Waals surface area contributed by atoms with Gasteiger partial charge in [0.1, 0.15) is 0 Å². The lowest BCUT2D eigenvalue weighted by atomic mass is 9.98. The lowest BCUT2D eigenvalue weighted by Gasteiger charge is -2.43. The number of sulfonamides is 1. The van der Waals surface area contributed by atoms with Crippen LogP contribution in [0.2, 0.25) is 0 Å². The molecule has 0 aromatic heterocycles. The van der Waals surface area contributed by atoms with E-state index in [-0.39, 0.29) is 23.9 Å². The van der Waals surface area contributed by atoms with Crippen molar-refractivity contribution < 1.29 is 17.9 Å². The van der Waals surface area contributed by atoms with Crippen LogP contribution in [0.1, 0.15) is 38.5 Å². The molecule has 0 bridgehead atoms. The van der Waals surface area contributed by atoms with Crippen LogP contribution in [0.3, 0.4) is 0 Å². The molecule has 2 saturated heterocycles. The zero-order valence-corrected chi connectivity index (χ0v) is 14.1. The molecule has 1 amide bonds. The second-order valence-electron chi connectivity index (χ2n) is 6.78. The number of rotatable bonds is 4. The molecular weight excluding hydrogens is 304 g/mol. The molecule has 1 aliphatic carbocycles. The van der Waals surface area contributed by atoms with E-state index < -0.39 is 10.0 Å². The average molecular weight is 330 g/mol. The van der Waals surface area contributed by atoms with Crippen LogP contribution < -0.4 is 0 Å². The van der Waals surface area contributed by atoms with Crippen molar-refractivity contribution in [2.45, 2.75) is 50.6 Å². The fourth-order valence-electron chi connectivity index (χ4n) is 3.61. The van der Waals surface area contributed by atoms with Crippen molar-refractivity contribution >= 4 is 15.9 Å². The number of piperidine rings is 1. The molecule has 2 heterocycles. The maximum Gasteiger partial charge on any atom is 0.226 e. The highest BCUT2D eigenvalue weighted by atomic mass is 32.2. The normalized spacial score (nSPS) is 28.5. The minimum atomic E-state index is -3.18. The Labute approximate surface area is 132 Å². The van der Waals surface area contributed by atoms with Crippen molar-refractivity contribution in [3.63, 3.8) is 0 Å². The van der Waals surface area contributed by atoms with Crippen LogP contribution >= 0.6 is 0 Å². The summed E-state index contributed by atoms with van der Waals surface area (Å²) in [7, 11) is -3.18. The topological polar surface area (TPSA) is 66.9 Å². The van der Waals surface area contributed by atoms with Crippen LogP contribution in [0.15, 0.2) is 0 Å². The molecule has 22 heavy (non-hydrogen) atoms. The fourth-order valence-corrected chi connectivity index (χ4v) is 4.52. The summed E-state index contributed by atoms with van der Waals surface area (Å²) in [6.45, 7) is 2.42. The molecule has 1 unspecified atom stereocenters. The second kappa shape index (κ2) is 6.45. The van der Waals surface area contributed by atoms with Crippen LogP contribution in [0.25, 0.3) is 0 Å². The van der Waals surface area contributed by atoms with E-state index in [1.54, 1.807) is 0 Å². The second-order valence-corrected chi connectivity index (χ2v) is 8.76. The Kier molecular flexibility index (Phi) is 4.75. The van der Waals surface area contributed by atoms with E-state index in [4.69, 9.17) is 4.74 Å². The molecule has 7 heteroatoms. The van der Waals surface area contributed by atoms with Crippen molar-refractivity contribution in [3.05, 3.63) is 0 Å². The van der Waals surface area contributed by atoms with Gasteiger partial charge in [0.15, 0.2) is 0 Å². The molecule has 6 nitrogen and oxygen atoms in total. The maximum absolute atomic E-state index is 12.8. The van der Waals surface area contributed by atoms with Crippen molar-refractivity contribution in [1.29, 1.82) is 0 Å². The number of ether oxygens (including phenoxy) is 1. The lowest BCUT2D eigenvalue weighted by molar-refractivity contribution is -0.141. The predicted octanol–water partition coefficient (Wildman–Crippen LogP) is 0.828. The molecule has 0 spiro atoms. The Balaban J connectivity index is 1.76. The van der Waals surface area contributed by atoms with Gasteiger partial charge in [-0.1, -0.05) is 0 Å². The first kappa shape index (κ1) is 16.2. The highest BCUT2D eigenvalue weighted by molar-refractivity contribution is 7.88. The molecular formula is C15H26N2O4S. The highest BCUT2D eigenvalue weighted by Gasteiger charge is 2.41. The van der Waals surface area contributed by atoms with E-state index in [0.717, 1.165) is 38.5 Å². The molecule has 3 aliphatic rings. The number of nitrogens with zero attached hydrogens (tertiary/aromatic N) is 2. The third-order valence-electron chi connectivity index (χ3n) is 4.99. The summed E-state index contributed by atoms with van der Waals surface area (Å²) >= 11 is 0. The Morgan fingerprint density at radius 3 is 2.36 bits per heavy atom. The van der Waals surface area contributed by atoms with E-state index in [2.05, 4.69) is 0 Å². The molecule has 0 aromatic rings. The first-order chi connectivity index (χ1) is 10.5. The van der Waals surface area contributed by atoms with E-state index >= 15 is 0 Å². The average Bonchev–Trinajstić information content (AvgIpc) is 3.33. The fraction of sp³-hybridized carbons (Fsp3) is 0.933. The summed E-state index contributed by atoms with van der Waals surface area (Å²) in [5.74, 6) is 0.420. The van der Waals surface area contributed by atoms with Gasteiger partial charge in [-0.3, -0.25) is 4.79 Å². The Morgan fingerprint density at radius 2 is 1.77 bits per heavy atom. The molecule has 3 fully saturated rings. The van der Waals surface area contributed by atoms with Crippen LogP contribution in [0, 0.1) is 5.92 Å². The SMILES string of the molecule is CS(=O)(=O)N1CCCC(N(C(=O)C2CC2)C2CCOCC2)C1. The van der Waals surface area contributed by atoms with Gasteiger partial charge in [-0.25, -0.2) is 12.7 Å². The highest BCUT2D eigenvalue weighted by Crippen LogP contribution is 2.35. The van der Waals surface area contributed by atoms with Gasteiger partial charge >= 0.3 is 0 Å². The van der Waals surface area contributed by atoms with Gasteiger partial charge in [-0.05, 0) is 38.5 Å². The van der Waals surface area contributed by atoms with E-state index in [1.807, 2.05) is 4.90 Å². The summed E-state index contributed by atoms with van der Waals surface area (Å²) in [4.78, 5) is 14.8. The minimum Gasteiger partial charge on any atom is -0.381 e. The van der Waals surface area contributed by atoms with Crippen molar-refractivity contribution in [1.82, 2.24) is 9.21 Å². The van der Waals surface area contributed by atoms with Gasteiger partial charge < -0.3 is 9.64 Å². The number of carbonyl (C=O) groups is 1. The van der Waals surface area contributed by atoms with E-state index in [0.29, 0.717) is 26.3 Å². The molecule has 1 saturated carbocycles. The van der Waals surface area contributed by atoms with Gasteiger partial charge in [-0.2, -0.15) is 0 Å². The van der Waals surface area contributed by atoms with E-state index in [1.165, 1.54) is 10.6 Å². The van der Waals surface area contributed by atoms with Crippen LogP contribution in [-0.4, -0.2) is 68.2 Å². The summed E-state index contributed by atoms with van der Waals surface area (Å²) < 4.78 is 30.7. The zero-order valence-electron chi connectivity index (χ0n) is 13.2. The first-order valence-corrected chi connectivity index (χ1v) is 10.2. The quantitative estimate of drug-likeness (QED) is 0.766. The smallest absolute Gasteiger partial charge is 0.226 e. The zero-order chi connectivity index (χ0) is 15.7. The van der Waals surface area contributed by atoms with Crippen LogP contribution in [-0.2, 0) is 19.6 Å². The predicted molar refractivity (Wildman–Crippen MR) is 82.8 cm³/mol. The number of hydrogen-bond acceptors (Lipinski definition) is 4. The molecule has 3 rings (SSSR count). The van der Waals surface area contributed by atoms with Crippen molar-refractivity contribution in [2.24, 2.45) is 5.92 Å². The lowest BCUT2D eigenvalue weighted by Crippen LogP contribution is -2.56. The third kappa shape index (κ3) is 3.63. The number of hydrogen-bond donors (Lipinski definition) is 0. The largest absolute Gasteiger partial charge is 0.381 e. The minimum absolute atomic E-state index is 0.0275. The maximum atomic E-state index is 12.8. The van der Waals surface area contributed by atoms with Crippen LogP contribution in [0.5, 0.6) is 0 Å². The molecule has 2 aliphatic heterocycles. The van der Waals surface area contributed by atoms with Gasteiger partial charge in [-0.15, -0.1) is 0 Å². The van der Waals surface area contributed by atoms with Gasteiger partial charge in [0.2, 0.25) is 15.9 Å². The Morgan fingerprint density at radius 1 is 1.09 bits per heavy atom. The Bertz CT molecular complexity index is 512. The summed E-state index contributed by atoms with van der Waals surface area (Å²) in [5, 5.41) is 0. The summed E-state index contributed by atoms with van der Waals surface area (Å²) in [6.07, 6.45) is 6.71. The molecule has 0 radical (unpaired) electrons. The van der Waals surface area contributed by atoms with Crippen LogP contribution in [0.4, 0.5) is 0 Å².